The fourth-order valence-electron chi connectivity index (χ4n) is 2.34. The number of aromatic nitrogens is 1. The first-order chi connectivity index (χ1) is 10.1. The third-order valence-corrected chi connectivity index (χ3v) is 5.24. The summed E-state index contributed by atoms with van der Waals surface area (Å²) in [5.74, 6) is -0.834. The molecule has 1 unspecified atom stereocenters. The maximum atomic E-state index is 13.8. The monoisotopic (exact) mass is 317 g/mol. The summed E-state index contributed by atoms with van der Waals surface area (Å²) in [5, 5.41) is 2.71. The molecule has 1 fully saturated rings. The molecule has 0 aliphatic carbocycles. The van der Waals surface area contributed by atoms with Crippen molar-refractivity contribution in [1.82, 2.24) is 14.6 Å². The molecule has 1 aromatic heterocycles. The van der Waals surface area contributed by atoms with Gasteiger partial charge in [-0.2, -0.15) is 4.31 Å². The summed E-state index contributed by atoms with van der Waals surface area (Å²) in [6, 6.07) is 2.55. The van der Waals surface area contributed by atoms with Crippen LogP contribution in [0.4, 0.5) is 4.39 Å². The highest BCUT2D eigenvalue weighted by molar-refractivity contribution is 7.89. The Labute approximate surface area is 124 Å². The molecule has 21 heavy (non-hydrogen) atoms. The fraction of sp³-hybridized carbons (Fsp3) is 0.615. The van der Waals surface area contributed by atoms with E-state index in [0.29, 0.717) is 6.54 Å². The van der Waals surface area contributed by atoms with Crippen LogP contribution in [0.1, 0.15) is 12.8 Å². The third-order valence-electron chi connectivity index (χ3n) is 3.44. The maximum absolute atomic E-state index is 13.8. The molecule has 1 aliphatic rings. The van der Waals surface area contributed by atoms with Crippen molar-refractivity contribution in [2.24, 2.45) is 0 Å². The topological polar surface area (TPSA) is 71.5 Å². The molecule has 1 saturated heterocycles. The summed E-state index contributed by atoms with van der Waals surface area (Å²) in [6.45, 7) is 1.59. The Morgan fingerprint density at radius 1 is 1.57 bits per heavy atom. The van der Waals surface area contributed by atoms with Crippen LogP contribution in [0.2, 0.25) is 0 Å². The molecule has 2 heterocycles. The summed E-state index contributed by atoms with van der Waals surface area (Å²) >= 11 is 0. The molecule has 0 radical (unpaired) electrons. The van der Waals surface area contributed by atoms with E-state index in [-0.39, 0.29) is 19.2 Å². The van der Waals surface area contributed by atoms with Gasteiger partial charge in [0.25, 0.3) is 10.0 Å². The highest BCUT2D eigenvalue weighted by Gasteiger charge is 2.31. The van der Waals surface area contributed by atoms with E-state index >= 15 is 0 Å². The number of pyridine rings is 1. The van der Waals surface area contributed by atoms with Crippen LogP contribution in [-0.2, 0) is 14.8 Å². The van der Waals surface area contributed by atoms with Crippen molar-refractivity contribution in [3.8, 4) is 0 Å². The molecule has 0 bridgehead atoms. The Morgan fingerprint density at radius 3 is 3.00 bits per heavy atom. The Kier molecular flexibility index (Phi) is 5.63. The molecule has 8 heteroatoms. The number of sulfonamides is 1. The van der Waals surface area contributed by atoms with Gasteiger partial charge in [0.15, 0.2) is 5.82 Å². The fourth-order valence-corrected chi connectivity index (χ4v) is 3.79. The maximum Gasteiger partial charge on any atom is 0.263 e. The first-order valence-electron chi connectivity index (χ1n) is 6.88. The average Bonchev–Trinajstić information content (AvgIpc) is 2.96. The van der Waals surface area contributed by atoms with Gasteiger partial charge in [0, 0.05) is 32.4 Å². The van der Waals surface area contributed by atoms with Crippen molar-refractivity contribution in [2.45, 2.75) is 23.9 Å². The summed E-state index contributed by atoms with van der Waals surface area (Å²) in [7, 11) is -2.46. The van der Waals surface area contributed by atoms with Gasteiger partial charge in [0.2, 0.25) is 5.03 Å². The predicted molar refractivity (Wildman–Crippen MR) is 75.9 cm³/mol. The van der Waals surface area contributed by atoms with Crippen LogP contribution in [0.5, 0.6) is 0 Å². The molecule has 0 aromatic carbocycles. The van der Waals surface area contributed by atoms with Crippen LogP contribution >= 0.6 is 0 Å². The lowest BCUT2D eigenvalue weighted by atomic mass is 10.2. The minimum atomic E-state index is -3.96. The van der Waals surface area contributed by atoms with Gasteiger partial charge in [-0.25, -0.2) is 17.8 Å². The number of rotatable bonds is 7. The number of hydrogen-bond donors (Lipinski definition) is 1. The molecule has 1 N–H and O–H groups in total. The lowest BCUT2D eigenvalue weighted by molar-refractivity contribution is 0.176. The number of ether oxygens (including phenoxy) is 1. The minimum Gasteiger partial charge on any atom is -0.383 e. The Hall–Kier alpha value is -1.09. The zero-order chi connectivity index (χ0) is 15.3. The van der Waals surface area contributed by atoms with Gasteiger partial charge < -0.3 is 10.1 Å². The molecular formula is C13H20FN3O3S. The Morgan fingerprint density at radius 2 is 2.38 bits per heavy atom. The van der Waals surface area contributed by atoms with Crippen molar-refractivity contribution in [1.29, 1.82) is 0 Å². The zero-order valence-electron chi connectivity index (χ0n) is 12.0. The van der Waals surface area contributed by atoms with Crippen molar-refractivity contribution < 1.29 is 17.5 Å². The SMILES string of the molecule is COCCN(CC1CCCN1)S(=O)(=O)c1ncccc1F. The standard InChI is InChI=1S/C13H20FN3O3S/c1-20-9-8-17(10-11-4-2-6-15-11)21(18,19)13-12(14)5-3-7-16-13/h3,5,7,11,15H,2,4,6,8-10H2,1H3. The van der Waals surface area contributed by atoms with Crippen molar-refractivity contribution >= 4 is 10.0 Å². The smallest absolute Gasteiger partial charge is 0.263 e. The van der Waals surface area contributed by atoms with Gasteiger partial charge >= 0.3 is 0 Å². The molecule has 0 saturated carbocycles. The van der Waals surface area contributed by atoms with Gasteiger partial charge in [-0.1, -0.05) is 0 Å². The van der Waals surface area contributed by atoms with Gasteiger partial charge in [-0.05, 0) is 31.5 Å². The van der Waals surface area contributed by atoms with Crippen molar-refractivity contribution in [3.63, 3.8) is 0 Å². The van der Waals surface area contributed by atoms with Crippen molar-refractivity contribution in [3.05, 3.63) is 24.1 Å². The van der Waals surface area contributed by atoms with Crippen LogP contribution in [0.3, 0.4) is 0 Å². The molecule has 2 rings (SSSR count). The van der Waals surface area contributed by atoms with Crippen LogP contribution in [0, 0.1) is 5.82 Å². The van der Waals surface area contributed by atoms with E-state index in [0.717, 1.165) is 25.5 Å². The molecule has 6 nitrogen and oxygen atoms in total. The zero-order valence-corrected chi connectivity index (χ0v) is 12.8. The Bertz CT molecular complexity index is 562. The highest BCUT2D eigenvalue weighted by Crippen LogP contribution is 2.18. The number of nitrogens with one attached hydrogen (secondary N) is 1. The van der Waals surface area contributed by atoms with Gasteiger partial charge in [0.1, 0.15) is 0 Å². The summed E-state index contributed by atoms with van der Waals surface area (Å²) in [6.07, 6.45) is 3.20. The quantitative estimate of drug-likeness (QED) is 0.798. The molecule has 118 valence electrons. The lowest BCUT2D eigenvalue weighted by Crippen LogP contribution is -2.43. The molecule has 1 atom stereocenters. The van der Waals surface area contributed by atoms with E-state index in [2.05, 4.69) is 10.3 Å². The second kappa shape index (κ2) is 7.26. The van der Waals surface area contributed by atoms with E-state index in [1.807, 2.05) is 0 Å². The van der Waals surface area contributed by atoms with Crippen LogP contribution in [0.25, 0.3) is 0 Å². The van der Waals surface area contributed by atoms with E-state index in [4.69, 9.17) is 4.74 Å². The van der Waals surface area contributed by atoms with E-state index < -0.39 is 20.9 Å². The molecular weight excluding hydrogens is 297 g/mol. The predicted octanol–water partition coefficient (Wildman–Crippen LogP) is 0.610. The highest BCUT2D eigenvalue weighted by atomic mass is 32.2. The normalized spacial score (nSPS) is 19.3. The Balaban J connectivity index is 2.23. The summed E-state index contributed by atoms with van der Waals surface area (Å²) in [5.41, 5.74) is 0. The van der Waals surface area contributed by atoms with Gasteiger partial charge in [-0.15, -0.1) is 0 Å². The largest absolute Gasteiger partial charge is 0.383 e. The molecule has 0 amide bonds. The molecule has 1 aliphatic heterocycles. The molecule has 1 aromatic rings. The number of methoxy groups -OCH3 is 1. The number of halogens is 1. The second-order valence-corrected chi connectivity index (χ2v) is 6.79. The summed E-state index contributed by atoms with van der Waals surface area (Å²) in [4.78, 5) is 3.69. The lowest BCUT2D eigenvalue weighted by Gasteiger charge is -2.24. The first kappa shape index (κ1) is 16.3. The van der Waals surface area contributed by atoms with Crippen LogP contribution in [-0.4, -0.2) is 57.1 Å². The third kappa shape index (κ3) is 3.97. The van der Waals surface area contributed by atoms with Crippen molar-refractivity contribution in [2.75, 3.05) is 33.4 Å². The average molecular weight is 317 g/mol. The van der Waals surface area contributed by atoms with Gasteiger partial charge in [-0.3, -0.25) is 0 Å². The van der Waals surface area contributed by atoms with Crippen LogP contribution in [0.15, 0.2) is 23.4 Å². The number of hydrogen-bond acceptors (Lipinski definition) is 5. The summed E-state index contributed by atoms with van der Waals surface area (Å²) < 4.78 is 45.1. The van der Waals surface area contributed by atoms with Gasteiger partial charge in [0.05, 0.1) is 6.61 Å². The van der Waals surface area contributed by atoms with E-state index in [1.54, 1.807) is 0 Å². The van der Waals surface area contributed by atoms with E-state index in [9.17, 15) is 12.8 Å². The van der Waals surface area contributed by atoms with Crippen LogP contribution < -0.4 is 5.32 Å². The number of nitrogens with zero attached hydrogens (tertiary/aromatic N) is 2. The minimum absolute atomic E-state index is 0.0865. The molecule has 0 spiro atoms. The second-order valence-electron chi connectivity index (χ2n) is 4.94. The van der Waals surface area contributed by atoms with E-state index in [1.165, 1.54) is 23.7 Å². The first-order valence-corrected chi connectivity index (χ1v) is 8.32.